The fourth-order valence-corrected chi connectivity index (χ4v) is 2.10. The molecule has 0 saturated carbocycles. The van der Waals surface area contributed by atoms with Gasteiger partial charge in [-0.2, -0.15) is 0 Å². The Bertz CT molecular complexity index is 149. The van der Waals surface area contributed by atoms with Crippen molar-refractivity contribution in [2.45, 2.75) is 46.1 Å². The molecule has 1 heterocycles. The molecule has 0 aromatic heterocycles. The molecule has 1 fully saturated rings. The van der Waals surface area contributed by atoms with Crippen LogP contribution in [0, 0.1) is 5.92 Å². The van der Waals surface area contributed by atoms with Crippen LogP contribution in [0.2, 0.25) is 0 Å². The first kappa shape index (κ1) is 12.0. The normalized spacial score (nSPS) is 29.4. The Kier molecular flexibility index (Phi) is 5.49. The molecular formula is C12H25NO. The fraction of sp³-hybridized carbons (Fsp3) is 1.00. The summed E-state index contributed by atoms with van der Waals surface area (Å²) in [7, 11) is 0. The number of ether oxygens (including phenoxy) is 1. The second kappa shape index (κ2) is 6.41. The molecule has 2 nitrogen and oxygen atoms in total. The van der Waals surface area contributed by atoms with Crippen LogP contribution in [0.25, 0.3) is 0 Å². The summed E-state index contributed by atoms with van der Waals surface area (Å²) in [4.78, 5) is 2.54. The molecule has 1 saturated heterocycles. The molecule has 1 rings (SSSR count). The van der Waals surface area contributed by atoms with E-state index in [9.17, 15) is 0 Å². The largest absolute Gasteiger partial charge is 0.377 e. The van der Waals surface area contributed by atoms with Crippen LogP contribution in [-0.2, 0) is 4.74 Å². The van der Waals surface area contributed by atoms with Gasteiger partial charge in [0.05, 0.1) is 6.10 Å². The standard InChI is InChI=1S/C12H25NO/c1-4-7-13-8-6-11(3)12(10-13)14-9-5-2/h11-12H,4-10H2,1-3H3. The van der Waals surface area contributed by atoms with Gasteiger partial charge < -0.3 is 9.64 Å². The first-order valence-electron chi connectivity index (χ1n) is 6.11. The van der Waals surface area contributed by atoms with Crippen LogP contribution in [0.5, 0.6) is 0 Å². The predicted octanol–water partition coefficient (Wildman–Crippen LogP) is 2.53. The van der Waals surface area contributed by atoms with E-state index in [1.807, 2.05) is 0 Å². The molecule has 0 amide bonds. The van der Waals surface area contributed by atoms with Crippen molar-refractivity contribution in [2.75, 3.05) is 26.2 Å². The van der Waals surface area contributed by atoms with Crippen molar-refractivity contribution in [3.05, 3.63) is 0 Å². The maximum absolute atomic E-state index is 5.88. The smallest absolute Gasteiger partial charge is 0.0727 e. The van der Waals surface area contributed by atoms with Crippen molar-refractivity contribution >= 4 is 0 Å². The van der Waals surface area contributed by atoms with E-state index in [4.69, 9.17) is 4.74 Å². The second-order valence-corrected chi connectivity index (χ2v) is 4.48. The number of rotatable bonds is 5. The van der Waals surface area contributed by atoms with Crippen molar-refractivity contribution in [2.24, 2.45) is 5.92 Å². The minimum absolute atomic E-state index is 0.482. The summed E-state index contributed by atoms with van der Waals surface area (Å²) in [6, 6.07) is 0. The molecule has 0 bridgehead atoms. The zero-order valence-electron chi connectivity index (χ0n) is 9.96. The molecule has 84 valence electrons. The zero-order valence-corrected chi connectivity index (χ0v) is 9.96. The first-order valence-corrected chi connectivity index (χ1v) is 6.11. The van der Waals surface area contributed by atoms with Crippen LogP contribution >= 0.6 is 0 Å². The Hall–Kier alpha value is -0.0800. The Morgan fingerprint density at radius 2 is 2.07 bits per heavy atom. The number of nitrogens with zero attached hydrogens (tertiary/aromatic N) is 1. The maximum atomic E-state index is 5.88. The van der Waals surface area contributed by atoms with Gasteiger partial charge in [-0.15, -0.1) is 0 Å². The lowest BCUT2D eigenvalue weighted by Crippen LogP contribution is -2.44. The number of likely N-dealkylation sites (tertiary alicyclic amines) is 1. The van der Waals surface area contributed by atoms with Gasteiger partial charge in [-0.25, -0.2) is 0 Å². The molecule has 0 N–H and O–H groups in total. The highest BCUT2D eigenvalue weighted by Gasteiger charge is 2.25. The first-order chi connectivity index (χ1) is 6.77. The number of hydrogen-bond donors (Lipinski definition) is 0. The Labute approximate surface area is 88.6 Å². The third-order valence-electron chi connectivity index (χ3n) is 3.05. The molecule has 0 radical (unpaired) electrons. The summed E-state index contributed by atoms with van der Waals surface area (Å²) in [5.41, 5.74) is 0. The molecule has 0 spiro atoms. The van der Waals surface area contributed by atoms with Crippen LogP contribution in [0.4, 0.5) is 0 Å². The molecule has 0 aromatic rings. The molecule has 1 aliphatic rings. The SMILES string of the molecule is CCCOC1CN(CCC)CCC1C. The van der Waals surface area contributed by atoms with E-state index in [1.54, 1.807) is 0 Å². The summed E-state index contributed by atoms with van der Waals surface area (Å²) in [5.74, 6) is 0.745. The zero-order chi connectivity index (χ0) is 10.4. The van der Waals surface area contributed by atoms with Gasteiger partial charge in [-0.1, -0.05) is 20.8 Å². The highest BCUT2D eigenvalue weighted by atomic mass is 16.5. The lowest BCUT2D eigenvalue weighted by molar-refractivity contribution is -0.0319. The molecular weight excluding hydrogens is 174 g/mol. The topological polar surface area (TPSA) is 12.5 Å². The summed E-state index contributed by atoms with van der Waals surface area (Å²) < 4.78 is 5.88. The van der Waals surface area contributed by atoms with E-state index in [-0.39, 0.29) is 0 Å². The minimum Gasteiger partial charge on any atom is -0.377 e. The summed E-state index contributed by atoms with van der Waals surface area (Å²) >= 11 is 0. The summed E-state index contributed by atoms with van der Waals surface area (Å²) in [6.07, 6.45) is 4.18. The minimum atomic E-state index is 0.482. The molecule has 2 atom stereocenters. The summed E-state index contributed by atoms with van der Waals surface area (Å²) in [6.45, 7) is 11.3. The third-order valence-corrected chi connectivity index (χ3v) is 3.05. The van der Waals surface area contributed by atoms with Gasteiger partial charge in [-0.3, -0.25) is 0 Å². The van der Waals surface area contributed by atoms with Crippen molar-refractivity contribution in [3.8, 4) is 0 Å². The quantitative estimate of drug-likeness (QED) is 0.674. The molecule has 14 heavy (non-hydrogen) atoms. The Morgan fingerprint density at radius 1 is 1.29 bits per heavy atom. The van der Waals surface area contributed by atoms with Crippen LogP contribution in [-0.4, -0.2) is 37.2 Å². The van der Waals surface area contributed by atoms with Crippen molar-refractivity contribution < 1.29 is 4.74 Å². The van der Waals surface area contributed by atoms with Gasteiger partial charge in [0, 0.05) is 13.2 Å². The van der Waals surface area contributed by atoms with E-state index in [0.717, 1.165) is 25.5 Å². The van der Waals surface area contributed by atoms with Crippen molar-refractivity contribution in [1.82, 2.24) is 4.90 Å². The van der Waals surface area contributed by atoms with Gasteiger partial charge in [-0.05, 0) is 38.3 Å². The van der Waals surface area contributed by atoms with Crippen LogP contribution < -0.4 is 0 Å². The van der Waals surface area contributed by atoms with Gasteiger partial charge in [0.15, 0.2) is 0 Å². The van der Waals surface area contributed by atoms with E-state index < -0.39 is 0 Å². The second-order valence-electron chi connectivity index (χ2n) is 4.48. The molecule has 2 heteroatoms. The maximum Gasteiger partial charge on any atom is 0.0727 e. The number of hydrogen-bond acceptors (Lipinski definition) is 2. The highest BCUT2D eigenvalue weighted by Crippen LogP contribution is 2.20. The molecule has 1 aliphatic heterocycles. The van der Waals surface area contributed by atoms with Crippen LogP contribution in [0.15, 0.2) is 0 Å². The van der Waals surface area contributed by atoms with Gasteiger partial charge in [0.25, 0.3) is 0 Å². The molecule has 0 aliphatic carbocycles. The van der Waals surface area contributed by atoms with E-state index >= 15 is 0 Å². The summed E-state index contributed by atoms with van der Waals surface area (Å²) in [5, 5.41) is 0. The highest BCUT2D eigenvalue weighted by molar-refractivity contribution is 4.78. The van der Waals surface area contributed by atoms with Gasteiger partial charge in [0.2, 0.25) is 0 Å². The third kappa shape index (κ3) is 3.58. The molecule has 0 aromatic carbocycles. The average molecular weight is 199 g/mol. The van der Waals surface area contributed by atoms with Gasteiger partial charge in [0.1, 0.15) is 0 Å². The van der Waals surface area contributed by atoms with Crippen molar-refractivity contribution in [1.29, 1.82) is 0 Å². The molecule has 2 unspecified atom stereocenters. The van der Waals surface area contributed by atoms with Crippen LogP contribution in [0.3, 0.4) is 0 Å². The van der Waals surface area contributed by atoms with E-state index in [1.165, 1.54) is 25.9 Å². The Morgan fingerprint density at radius 3 is 2.71 bits per heavy atom. The monoisotopic (exact) mass is 199 g/mol. The fourth-order valence-electron chi connectivity index (χ4n) is 2.10. The predicted molar refractivity (Wildman–Crippen MR) is 60.5 cm³/mol. The van der Waals surface area contributed by atoms with Crippen LogP contribution in [0.1, 0.15) is 40.0 Å². The van der Waals surface area contributed by atoms with E-state index in [0.29, 0.717) is 6.10 Å². The number of piperidine rings is 1. The Balaban J connectivity index is 2.30. The van der Waals surface area contributed by atoms with E-state index in [2.05, 4.69) is 25.7 Å². The van der Waals surface area contributed by atoms with Gasteiger partial charge >= 0.3 is 0 Å². The lowest BCUT2D eigenvalue weighted by Gasteiger charge is -2.36. The average Bonchev–Trinajstić information content (AvgIpc) is 2.19. The van der Waals surface area contributed by atoms with Crippen molar-refractivity contribution in [3.63, 3.8) is 0 Å². The lowest BCUT2D eigenvalue weighted by atomic mass is 9.95.